The van der Waals surface area contributed by atoms with Crippen LogP contribution >= 0.6 is 0 Å². The van der Waals surface area contributed by atoms with Crippen LogP contribution in [0.1, 0.15) is 16.1 Å². The molecule has 0 fully saturated rings. The van der Waals surface area contributed by atoms with Gasteiger partial charge in [0.25, 0.3) is 5.91 Å². The second-order valence-corrected chi connectivity index (χ2v) is 6.32. The number of fused-ring (bicyclic) bond motifs is 1. The third-order valence-corrected chi connectivity index (χ3v) is 4.60. The number of amides is 1. The first-order chi connectivity index (χ1) is 13.4. The van der Waals surface area contributed by atoms with Gasteiger partial charge in [0.05, 0.1) is 17.8 Å². The monoisotopic (exact) mass is 387 g/mol. The van der Waals surface area contributed by atoms with E-state index in [1.807, 2.05) is 6.07 Å². The fourth-order valence-electron chi connectivity index (χ4n) is 3.14. The van der Waals surface area contributed by atoms with Crippen LogP contribution in [0.25, 0.3) is 11.3 Å². The minimum absolute atomic E-state index is 0.298. The minimum Gasteiger partial charge on any atom is -0.373 e. The molecular formula is C19H16F3N5O. The van der Waals surface area contributed by atoms with Crippen LogP contribution in [0.3, 0.4) is 0 Å². The zero-order valence-corrected chi connectivity index (χ0v) is 14.9. The lowest BCUT2D eigenvalue weighted by Crippen LogP contribution is -2.40. The maximum atomic E-state index is 12.9. The first-order valence-electron chi connectivity index (χ1n) is 8.58. The van der Waals surface area contributed by atoms with E-state index in [-0.39, 0.29) is 5.91 Å². The quantitative estimate of drug-likeness (QED) is 0.745. The first kappa shape index (κ1) is 18.0. The molecule has 0 atom stereocenters. The standard InChI is InChI=1S/C19H16F3N5O/c1-23-17-10-12(6-7-24-17)15-11-16-18(28)26(8-9-27(16)25-15)14-4-2-13(3-5-14)19(20,21)22/h2-7,10-11H,8-9H2,1H3,(H,23,24). The average molecular weight is 387 g/mol. The predicted molar refractivity (Wildman–Crippen MR) is 98.1 cm³/mol. The molecule has 1 N–H and O–H groups in total. The molecule has 3 heterocycles. The normalized spacial score (nSPS) is 14.1. The van der Waals surface area contributed by atoms with Crippen molar-refractivity contribution in [2.24, 2.45) is 0 Å². The number of halogens is 3. The van der Waals surface area contributed by atoms with Crippen LogP contribution in [-0.4, -0.2) is 34.3 Å². The molecule has 0 unspecified atom stereocenters. The summed E-state index contributed by atoms with van der Waals surface area (Å²) in [4.78, 5) is 18.5. The van der Waals surface area contributed by atoms with E-state index < -0.39 is 11.7 Å². The first-order valence-corrected chi connectivity index (χ1v) is 8.58. The summed E-state index contributed by atoms with van der Waals surface area (Å²) in [6.45, 7) is 0.780. The van der Waals surface area contributed by atoms with Crippen molar-refractivity contribution >= 4 is 17.4 Å². The van der Waals surface area contributed by atoms with Crippen LogP contribution in [0.15, 0.2) is 48.7 Å². The van der Waals surface area contributed by atoms with Gasteiger partial charge in [-0.05, 0) is 42.5 Å². The highest BCUT2D eigenvalue weighted by Gasteiger charge is 2.32. The highest BCUT2D eigenvalue weighted by atomic mass is 19.4. The van der Waals surface area contributed by atoms with Crippen LogP contribution in [0.5, 0.6) is 0 Å². The molecule has 6 nitrogen and oxygen atoms in total. The van der Waals surface area contributed by atoms with Gasteiger partial charge in [0.15, 0.2) is 0 Å². The smallest absolute Gasteiger partial charge is 0.373 e. The van der Waals surface area contributed by atoms with Gasteiger partial charge >= 0.3 is 6.18 Å². The largest absolute Gasteiger partial charge is 0.416 e. The van der Waals surface area contributed by atoms with Crippen molar-refractivity contribution in [3.8, 4) is 11.3 Å². The molecule has 1 aromatic carbocycles. The Hall–Kier alpha value is -3.36. The lowest BCUT2D eigenvalue weighted by Gasteiger charge is -2.27. The molecule has 0 bridgehead atoms. The maximum Gasteiger partial charge on any atom is 0.416 e. The molecule has 0 aliphatic carbocycles. The number of benzene rings is 1. The number of hydrogen-bond donors (Lipinski definition) is 1. The maximum absolute atomic E-state index is 12.9. The summed E-state index contributed by atoms with van der Waals surface area (Å²) < 4.78 is 39.9. The van der Waals surface area contributed by atoms with Crippen molar-refractivity contribution in [2.75, 3.05) is 23.8 Å². The molecule has 0 radical (unpaired) electrons. The van der Waals surface area contributed by atoms with Gasteiger partial charge in [-0.15, -0.1) is 0 Å². The van der Waals surface area contributed by atoms with Crippen LogP contribution in [0.4, 0.5) is 24.7 Å². The third kappa shape index (κ3) is 3.19. The Morgan fingerprint density at radius 2 is 1.82 bits per heavy atom. The number of rotatable bonds is 3. The molecule has 28 heavy (non-hydrogen) atoms. The number of nitrogens with zero attached hydrogens (tertiary/aromatic N) is 4. The van der Waals surface area contributed by atoms with E-state index in [0.717, 1.165) is 17.7 Å². The number of carbonyl (C=O) groups excluding carboxylic acids is 1. The molecule has 0 saturated heterocycles. The van der Waals surface area contributed by atoms with E-state index in [0.29, 0.717) is 36.0 Å². The fraction of sp³-hybridized carbons (Fsp3) is 0.211. The molecular weight excluding hydrogens is 371 g/mol. The van der Waals surface area contributed by atoms with Crippen LogP contribution in [-0.2, 0) is 12.7 Å². The summed E-state index contributed by atoms with van der Waals surface area (Å²) >= 11 is 0. The Kier molecular flexibility index (Phi) is 4.29. The van der Waals surface area contributed by atoms with Gasteiger partial charge < -0.3 is 10.2 Å². The van der Waals surface area contributed by atoms with E-state index >= 15 is 0 Å². The van der Waals surface area contributed by atoms with Crippen molar-refractivity contribution in [3.63, 3.8) is 0 Å². The Morgan fingerprint density at radius 3 is 2.50 bits per heavy atom. The molecule has 1 aliphatic heterocycles. The predicted octanol–water partition coefficient (Wildman–Crippen LogP) is 3.67. The second kappa shape index (κ2) is 6.66. The Bertz CT molecular complexity index is 1030. The zero-order valence-electron chi connectivity index (χ0n) is 14.9. The summed E-state index contributed by atoms with van der Waals surface area (Å²) in [7, 11) is 1.76. The van der Waals surface area contributed by atoms with E-state index in [4.69, 9.17) is 0 Å². The highest BCUT2D eigenvalue weighted by Crippen LogP contribution is 2.31. The zero-order chi connectivity index (χ0) is 19.9. The SMILES string of the molecule is CNc1cc(-c2cc3n(n2)CCN(c2ccc(C(F)(F)F)cc2)C3=O)ccn1. The van der Waals surface area contributed by atoms with Gasteiger partial charge in [0.1, 0.15) is 11.5 Å². The van der Waals surface area contributed by atoms with Crippen LogP contribution in [0.2, 0.25) is 0 Å². The average Bonchev–Trinajstić information content (AvgIpc) is 3.13. The molecule has 9 heteroatoms. The van der Waals surface area contributed by atoms with Gasteiger partial charge in [-0.25, -0.2) is 4.98 Å². The van der Waals surface area contributed by atoms with Crippen LogP contribution in [0, 0.1) is 0 Å². The number of aromatic nitrogens is 3. The number of carbonyl (C=O) groups is 1. The van der Waals surface area contributed by atoms with Crippen molar-refractivity contribution in [3.05, 3.63) is 59.9 Å². The lowest BCUT2D eigenvalue weighted by molar-refractivity contribution is -0.137. The summed E-state index contributed by atoms with van der Waals surface area (Å²) in [5.41, 5.74) is 1.52. The number of hydrogen-bond acceptors (Lipinski definition) is 4. The summed E-state index contributed by atoms with van der Waals surface area (Å²) in [5, 5.41) is 7.44. The van der Waals surface area contributed by atoms with Gasteiger partial charge in [-0.2, -0.15) is 18.3 Å². The van der Waals surface area contributed by atoms with Crippen molar-refractivity contribution in [1.29, 1.82) is 0 Å². The van der Waals surface area contributed by atoms with E-state index in [2.05, 4.69) is 15.4 Å². The summed E-state index contributed by atoms with van der Waals surface area (Å²) in [6.07, 6.45) is -2.76. The van der Waals surface area contributed by atoms with E-state index in [9.17, 15) is 18.0 Å². The third-order valence-electron chi connectivity index (χ3n) is 4.60. The lowest BCUT2D eigenvalue weighted by atomic mass is 10.1. The van der Waals surface area contributed by atoms with Gasteiger partial charge in [0.2, 0.25) is 0 Å². The number of anilines is 2. The summed E-state index contributed by atoms with van der Waals surface area (Å²) in [5.74, 6) is 0.383. The number of pyridine rings is 1. The minimum atomic E-state index is -4.41. The summed E-state index contributed by atoms with van der Waals surface area (Å²) in [6, 6.07) is 9.91. The number of alkyl halides is 3. The number of nitrogens with one attached hydrogen (secondary N) is 1. The second-order valence-electron chi connectivity index (χ2n) is 6.32. The highest BCUT2D eigenvalue weighted by molar-refractivity contribution is 6.06. The van der Waals surface area contributed by atoms with E-state index in [1.54, 1.807) is 30.1 Å². The van der Waals surface area contributed by atoms with Crippen LogP contribution < -0.4 is 10.2 Å². The van der Waals surface area contributed by atoms with Crippen molar-refractivity contribution < 1.29 is 18.0 Å². The molecule has 4 rings (SSSR count). The molecule has 0 saturated carbocycles. The molecule has 0 spiro atoms. The van der Waals surface area contributed by atoms with Gasteiger partial charge in [-0.1, -0.05) is 0 Å². The molecule has 1 aliphatic rings. The van der Waals surface area contributed by atoms with E-state index in [1.165, 1.54) is 17.0 Å². The Morgan fingerprint density at radius 1 is 1.07 bits per heavy atom. The van der Waals surface area contributed by atoms with Gasteiger partial charge in [-0.3, -0.25) is 9.48 Å². The fourth-order valence-corrected chi connectivity index (χ4v) is 3.14. The molecule has 2 aromatic heterocycles. The topological polar surface area (TPSA) is 63.1 Å². The van der Waals surface area contributed by atoms with Gasteiger partial charge in [0, 0.05) is 31.0 Å². The Balaban J connectivity index is 1.63. The Labute approximate surface area is 158 Å². The molecule has 1 amide bonds. The molecule has 144 valence electrons. The molecule has 3 aromatic rings. The van der Waals surface area contributed by atoms with Crippen molar-refractivity contribution in [1.82, 2.24) is 14.8 Å². The van der Waals surface area contributed by atoms with Crippen molar-refractivity contribution in [2.45, 2.75) is 12.7 Å².